The number of thioether (sulfide) groups is 1. The summed E-state index contributed by atoms with van der Waals surface area (Å²) in [6.45, 7) is 5.72. The van der Waals surface area contributed by atoms with Gasteiger partial charge in [-0.25, -0.2) is 0 Å². The van der Waals surface area contributed by atoms with Crippen molar-refractivity contribution >= 4 is 29.3 Å². The summed E-state index contributed by atoms with van der Waals surface area (Å²) in [6, 6.07) is 7.46. The van der Waals surface area contributed by atoms with Crippen molar-refractivity contribution in [3.05, 3.63) is 29.8 Å². The van der Waals surface area contributed by atoms with Gasteiger partial charge in [0.05, 0.1) is 5.88 Å². The molecule has 23 heavy (non-hydrogen) atoms. The van der Waals surface area contributed by atoms with Gasteiger partial charge in [-0.05, 0) is 30.7 Å². The molecule has 2 rings (SSSR count). The van der Waals surface area contributed by atoms with E-state index in [2.05, 4.69) is 17.6 Å². The summed E-state index contributed by atoms with van der Waals surface area (Å²) >= 11 is 1.63. The van der Waals surface area contributed by atoms with Crippen LogP contribution in [0.5, 0.6) is 0 Å². The number of carbonyl (C=O) groups excluding carboxylic acids is 2. The van der Waals surface area contributed by atoms with E-state index in [0.29, 0.717) is 18.1 Å². The van der Waals surface area contributed by atoms with E-state index in [9.17, 15) is 9.59 Å². The van der Waals surface area contributed by atoms with Crippen LogP contribution in [-0.2, 0) is 16.1 Å². The van der Waals surface area contributed by atoms with Crippen LogP contribution < -0.4 is 10.6 Å². The van der Waals surface area contributed by atoms with E-state index in [1.54, 1.807) is 16.7 Å². The van der Waals surface area contributed by atoms with Crippen LogP contribution in [0.2, 0.25) is 0 Å². The lowest BCUT2D eigenvalue weighted by atomic mass is 10.2. The second-order valence-electron chi connectivity index (χ2n) is 5.60. The van der Waals surface area contributed by atoms with Gasteiger partial charge in [-0.1, -0.05) is 26.0 Å². The van der Waals surface area contributed by atoms with Crippen molar-refractivity contribution in [1.82, 2.24) is 10.2 Å². The summed E-state index contributed by atoms with van der Waals surface area (Å²) in [5, 5.41) is 6.22. The van der Waals surface area contributed by atoms with Crippen LogP contribution in [0.4, 0.5) is 5.69 Å². The number of anilines is 1. The van der Waals surface area contributed by atoms with Crippen LogP contribution in [0.1, 0.15) is 32.3 Å². The molecule has 126 valence electrons. The zero-order valence-corrected chi connectivity index (χ0v) is 14.6. The lowest BCUT2D eigenvalue weighted by molar-refractivity contribution is -0.136. The molecule has 1 fully saturated rings. The fourth-order valence-electron chi connectivity index (χ4n) is 2.52. The second-order valence-corrected chi connectivity index (χ2v) is 6.60. The maximum atomic E-state index is 12.5. The van der Waals surface area contributed by atoms with E-state index < -0.39 is 0 Å². The maximum absolute atomic E-state index is 12.5. The Bertz CT molecular complexity index is 550. The highest BCUT2D eigenvalue weighted by Crippen LogP contribution is 2.23. The minimum atomic E-state index is -0.364. The van der Waals surface area contributed by atoms with E-state index in [1.165, 1.54) is 0 Å². The zero-order chi connectivity index (χ0) is 16.7. The van der Waals surface area contributed by atoms with Gasteiger partial charge in [-0.15, -0.1) is 11.8 Å². The van der Waals surface area contributed by atoms with E-state index in [-0.39, 0.29) is 17.9 Å². The van der Waals surface area contributed by atoms with Gasteiger partial charge in [0.15, 0.2) is 0 Å². The molecule has 1 heterocycles. The average Bonchev–Trinajstić information content (AvgIpc) is 3.03. The number of hydrogen-bond acceptors (Lipinski definition) is 4. The first-order chi connectivity index (χ1) is 11.2. The Kier molecular flexibility index (Phi) is 6.92. The summed E-state index contributed by atoms with van der Waals surface area (Å²) in [4.78, 5) is 26.3. The van der Waals surface area contributed by atoms with E-state index in [0.717, 1.165) is 30.8 Å². The first kappa shape index (κ1) is 17.8. The predicted molar refractivity (Wildman–Crippen MR) is 95.3 cm³/mol. The molecule has 0 bridgehead atoms. The molecule has 0 aromatic heterocycles. The van der Waals surface area contributed by atoms with Gasteiger partial charge in [0.2, 0.25) is 11.8 Å². The van der Waals surface area contributed by atoms with Gasteiger partial charge < -0.3 is 15.5 Å². The van der Waals surface area contributed by atoms with Gasteiger partial charge in [-0.2, -0.15) is 0 Å². The number of carbonyl (C=O) groups is 2. The van der Waals surface area contributed by atoms with Crippen LogP contribution in [0.15, 0.2) is 24.3 Å². The van der Waals surface area contributed by atoms with E-state index in [1.807, 2.05) is 31.2 Å². The van der Waals surface area contributed by atoms with Crippen molar-refractivity contribution in [3.63, 3.8) is 0 Å². The van der Waals surface area contributed by atoms with Crippen molar-refractivity contribution < 1.29 is 9.59 Å². The number of nitrogens with one attached hydrogen (secondary N) is 2. The molecular formula is C17H25N3O2S. The molecule has 2 N–H and O–H groups in total. The van der Waals surface area contributed by atoms with E-state index >= 15 is 0 Å². The molecule has 0 aliphatic carbocycles. The third-order valence-electron chi connectivity index (χ3n) is 3.74. The van der Waals surface area contributed by atoms with Gasteiger partial charge in [0.1, 0.15) is 6.04 Å². The van der Waals surface area contributed by atoms with Crippen LogP contribution in [0, 0.1) is 0 Å². The van der Waals surface area contributed by atoms with Crippen LogP contribution >= 0.6 is 11.8 Å². The molecule has 1 aromatic rings. The molecule has 0 radical (unpaired) electrons. The summed E-state index contributed by atoms with van der Waals surface area (Å²) in [5.74, 6) is 1.24. The maximum Gasteiger partial charge on any atom is 0.248 e. The summed E-state index contributed by atoms with van der Waals surface area (Å²) < 4.78 is 0. The fraction of sp³-hybridized carbons (Fsp3) is 0.529. The SMILES string of the molecule is CCCC(=O)N1CSCC1C(=O)Nc1cccc(CNCC)c1. The minimum absolute atomic E-state index is 0.0681. The normalized spacial score (nSPS) is 17.3. The summed E-state index contributed by atoms with van der Waals surface area (Å²) in [5.41, 5.74) is 1.91. The van der Waals surface area contributed by atoms with Gasteiger partial charge in [0, 0.05) is 24.4 Å². The van der Waals surface area contributed by atoms with Crippen LogP contribution in [-0.4, -0.2) is 40.9 Å². The van der Waals surface area contributed by atoms with Gasteiger partial charge in [-0.3, -0.25) is 9.59 Å². The van der Waals surface area contributed by atoms with Crippen molar-refractivity contribution in [3.8, 4) is 0 Å². The molecule has 1 aromatic carbocycles. The number of rotatable bonds is 7. The topological polar surface area (TPSA) is 61.4 Å². The third-order valence-corrected chi connectivity index (χ3v) is 4.76. The third kappa shape index (κ3) is 4.97. The fourth-order valence-corrected chi connectivity index (χ4v) is 3.70. The zero-order valence-electron chi connectivity index (χ0n) is 13.8. The number of amides is 2. The van der Waals surface area contributed by atoms with Crippen molar-refractivity contribution in [1.29, 1.82) is 0 Å². The highest BCUT2D eigenvalue weighted by Gasteiger charge is 2.34. The Morgan fingerprint density at radius 3 is 2.91 bits per heavy atom. The molecule has 1 unspecified atom stereocenters. The molecule has 5 nitrogen and oxygen atoms in total. The Morgan fingerprint density at radius 2 is 2.17 bits per heavy atom. The lowest BCUT2D eigenvalue weighted by Gasteiger charge is -2.23. The minimum Gasteiger partial charge on any atom is -0.324 e. The number of nitrogens with zero attached hydrogens (tertiary/aromatic N) is 1. The van der Waals surface area contributed by atoms with Crippen molar-refractivity contribution in [2.24, 2.45) is 0 Å². The first-order valence-corrected chi connectivity index (χ1v) is 9.29. The van der Waals surface area contributed by atoms with Crippen molar-refractivity contribution in [2.75, 3.05) is 23.5 Å². The summed E-state index contributed by atoms with van der Waals surface area (Å²) in [7, 11) is 0. The average molecular weight is 335 g/mol. The van der Waals surface area contributed by atoms with Crippen LogP contribution in [0.25, 0.3) is 0 Å². The van der Waals surface area contributed by atoms with Gasteiger partial charge >= 0.3 is 0 Å². The Labute approximate surface area is 142 Å². The number of benzene rings is 1. The highest BCUT2D eigenvalue weighted by molar-refractivity contribution is 7.99. The monoisotopic (exact) mass is 335 g/mol. The molecule has 1 atom stereocenters. The smallest absolute Gasteiger partial charge is 0.248 e. The highest BCUT2D eigenvalue weighted by atomic mass is 32.2. The second kappa shape index (κ2) is 8.93. The van der Waals surface area contributed by atoms with Gasteiger partial charge in [0.25, 0.3) is 0 Å². The molecule has 1 aliphatic rings. The lowest BCUT2D eigenvalue weighted by Crippen LogP contribution is -2.44. The number of hydrogen-bond donors (Lipinski definition) is 2. The molecule has 0 saturated carbocycles. The Hall–Kier alpha value is -1.53. The molecule has 1 saturated heterocycles. The largest absolute Gasteiger partial charge is 0.324 e. The quantitative estimate of drug-likeness (QED) is 0.803. The molecule has 0 spiro atoms. The molecule has 6 heteroatoms. The molecular weight excluding hydrogens is 310 g/mol. The van der Waals surface area contributed by atoms with Crippen molar-refractivity contribution in [2.45, 2.75) is 39.3 Å². The molecule has 1 aliphatic heterocycles. The Morgan fingerprint density at radius 1 is 1.35 bits per heavy atom. The first-order valence-electron chi connectivity index (χ1n) is 8.13. The standard InChI is InChI=1S/C17H25N3O2S/c1-3-6-16(21)20-12-23-11-15(20)17(22)19-14-8-5-7-13(9-14)10-18-4-2/h5,7-9,15,18H,3-4,6,10-12H2,1-2H3,(H,19,22). The molecule has 2 amide bonds. The summed E-state index contributed by atoms with van der Waals surface area (Å²) in [6.07, 6.45) is 1.31. The Balaban J connectivity index is 1.99. The van der Waals surface area contributed by atoms with E-state index in [4.69, 9.17) is 0 Å². The predicted octanol–water partition coefficient (Wildman–Crippen LogP) is 2.44. The van der Waals surface area contributed by atoms with Crippen LogP contribution in [0.3, 0.4) is 0 Å².